The maximum absolute atomic E-state index is 12.2. The highest BCUT2D eigenvalue weighted by atomic mass is 35.5. The summed E-state index contributed by atoms with van der Waals surface area (Å²) in [6, 6.07) is 11.4. The van der Waals surface area contributed by atoms with Gasteiger partial charge in [-0.25, -0.2) is 9.79 Å². The van der Waals surface area contributed by atoms with Gasteiger partial charge in [-0.2, -0.15) is 5.26 Å². The minimum Gasteiger partial charge on any atom is -0.400 e. The van der Waals surface area contributed by atoms with Gasteiger partial charge >= 0.3 is 5.97 Å². The monoisotopic (exact) mass is 394 g/mol. The van der Waals surface area contributed by atoms with Crippen molar-refractivity contribution < 1.29 is 9.53 Å². The van der Waals surface area contributed by atoms with Crippen molar-refractivity contribution in [2.45, 2.75) is 20.3 Å². The number of aliphatic imine (C=N–C) groups is 1. The fourth-order valence-electron chi connectivity index (χ4n) is 2.86. The Labute approximate surface area is 168 Å². The van der Waals surface area contributed by atoms with Crippen molar-refractivity contribution in [1.82, 2.24) is 4.98 Å². The van der Waals surface area contributed by atoms with Crippen LogP contribution in [0.3, 0.4) is 0 Å². The number of ether oxygens (including phenoxy) is 1. The Morgan fingerprint density at radius 2 is 2.14 bits per heavy atom. The van der Waals surface area contributed by atoms with Gasteiger partial charge in [-0.05, 0) is 55.3 Å². The van der Waals surface area contributed by atoms with E-state index in [1.165, 1.54) is 6.20 Å². The van der Waals surface area contributed by atoms with Crippen molar-refractivity contribution in [3.8, 4) is 6.07 Å². The number of carbonyl (C=O) groups is 1. The van der Waals surface area contributed by atoms with Crippen molar-refractivity contribution in [1.29, 1.82) is 5.26 Å². The van der Waals surface area contributed by atoms with Gasteiger partial charge in [0.15, 0.2) is 5.70 Å². The molecule has 0 spiro atoms. The van der Waals surface area contributed by atoms with Gasteiger partial charge in [-0.3, -0.25) is 4.98 Å². The van der Waals surface area contributed by atoms with Crippen LogP contribution in [0, 0.1) is 18.3 Å². The van der Waals surface area contributed by atoms with Crippen molar-refractivity contribution in [3.05, 3.63) is 64.1 Å². The molecule has 0 saturated heterocycles. The van der Waals surface area contributed by atoms with E-state index in [4.69, 9.17) is 21.6 Å². The van der Waals surface area contributed by atoms with Crippen LogP contribution < -0.4 is 4.90 Å². The van der Waals surface area contributed by atoms with Gasteiger partial charge in [0, 0.05) is 30.0 Å². The number of benzene rings is 1. The van der Waals surface area contributed by atoms with E-state index < -0.39 is 5.97 Å². The van der Waals surface area contributed by atoms with E-state index in [0.717, 1.165) is 23.4 Å². The van der Waals surface area contributed by atoms with Crippen LogP contribution >= 0.6 is 11.6 Å². The molecule has 0 bridgehead atoms. The van der Waals surface area contributed by atoms with E-state index in [2.05, 4.69) is 27.9 Å². The molecule has 1 aliphatic rings. The van der Waals surface area contributed by atoms with Gasteiger partial charge < -0.3 is 9.64 Å². The first-order valence-electron chi connectivity index (χ1n) is 8.89. The number of aryl methyl sites for hydroxylation is 1. The molecule has 1 aromatic carbocycles. The van der Waals surface area contributed by atoms with Crippen molar-refractivity contribution >= 4 is 35.2 Å². The highest BCUT2D eigenvalue weighted by Crippen LogP contribution is 2.24. The number of cyclic esters (lactones) is 1. The van der Waals surface area contributed by atoms with Crippen LogP contribution in [-0.2, 0) is 9.53 Å². The van der Waals surface area contributed by atoms with Gasteiger partial charge in [0.2, 0.25) is 5.90 Å². The lowest BCUT2D eigenvalue weighted by Crippen LogP contribution is -2.23. The summed E-state index contributed by atoms with van der Waals surface area (Å²) >= 11 is 5.96. The van der Waals surface area contributed by atoms with Crippen molar-refractivity contribution in [2.24, 2.45) is 4.99 Å². The van der Waals surface area contributed by atoms with Crippen molar-refractivity contribution in [3.63, 3.8) is 0 Å². The predicted molar refractivity (Wildman–Crippen MR) is 109 cm³/mol. The highest BCUT2D eigenvalue weighted by Gasteiger charge is 2.25. The Bertz CT molecular complexity index is 1010. The molecule has 1 aliphatic heterocycles. The zero-order valence-electron chi connectivity index (χ0n) is 15.6. The van der Waals surface area contributed by atoms with Crippen LogP contribution in [-0.4, -0.2) is 29.9 Å². The summed E-state index contributed by atoms with van der Waals surface area (Å²) in [7, 11) is 0. The molecule has 0 fully saturated rings. The molecule has 0 aliphatic carbocycles. The van der Waals surface area contributed by atoms with Gasteiger partial charge in [0.1, 0.15) is 5.69 Å². The molecule has 142 valence electrons. The Balaban J connectivity index is 1.86. The Morgan fingerprint density at radius 3 is 2.82 bits per heavy atom. The van der Waals surface area contributed by atoms with Crippen LogP contribution in [0.1, 0.15) is 30.2 Å². The summed E-state index contributed by atoms with van der Waals surface area (Å²) in [6.45, 7) is 5.52. The van der Waals surface area contributed by atoms with Gasteiger partial charge in [-0.15, -0.1) is 0 Å². The molecule has 0 atom stereocenters. The second kappa shape index (κ2) is 8.68. The molecule has 0 saturated carbocycles. The third-order valence-electron chi connectivity index (χ3n) is 4.35. The SMILES string of the molecule is CCN(CCC#N)c1ccc(/C=C2\N=C(c3cc(Cl)ccn3)OC2=O)c(C)c1. The molecule has 0 unspecified atom stereocenters. The topological polar surface area (TPSA) is 78.6 Å². The summed E-state index contributed by atoms with van der Waals surface area (Å²) in [5, 5.41) is 9.30. The molecule has 2 aromatic rings. The molecule has 0 N–H and O–H groups in total. The largest absolute Gasteiger partial charge is 0.400 e. The first-order chi connectivity index (χ1) is 13.5. The lowest BCUT2D eigenvalue weighted by Gasteiger charge is -2.22. The standard InChI is InChI=1S/C21H19ClN4O2/c1-3-26(10-4-8-23)17-6-5-15(14(2)11-17)12-19-21(27)28-20(25-19)18-13-16(22)7-9-24-18/h5-7,9,11-13H,3-4,10H2,1-2H3/b19-12-. The Morgan fingerprint density at radius 1 is 1.32 bits per heavy atom. The van der Waals surface area contributed by atoms with Gasteiger partial charge in [-0.1, -0.05) is 17.7 Å². The molecule has 3 rings (SSSR count). The van der Waals surface area contributed by atoms with E-state index >= 15 is 0 Å². The summed E-state index contributed by atoms with van der Waals surface area (Å²) in [4.78, 5) is 22.7. The van der Waals surface area contributed by atoms with E-state index in [1.807, 2.05) is 25.1 Å². The molecule has 28 heavy (non-hydrogen) atoms. The molecule has 6 nitrogen and oxygen atoms in total. The van der Waals surface area contributed by atoms with Crippen LogP contribution in [0.25, 0.3) is 6.08 Å². The maximum atomic E-state index is 12.2. The second-order valence-electron chi connectivity index (χ2n) is 6.22. The zero-order valence-corrected chi connectivity index (χ0v) is 16.4. The van der Waals surface area contributed by atoms with Gasteiger partial charge in [0.05, 0.1) is 12.5 Å². The molecular formula is C21H19ClN4O2. The van der Waals surface area contributed by atoms with Crippen LogP contribution in [0.15, 0.2) is 47.2 Å². The fourth-order valence-corrected chi connectivity index (χ4v) is 3.02. The van der Waals surface area contributed by atoms with Gasteiger partial charge in [0.25, 0.3) is 0 Å². The number of rotatable bonds is 6. The lowest BCUT2D eigenvalue weighted by molar-refractivity contribution is -0.129. The Kier molecular flexibility index (Phi) is 6.07. The molecule has 2 heterocycles. The average molecular weight is 395 g/mol. The van der Waals surface area contributed by atoms with E-state index in [0.29, 0.717) is 23.7 Å². The number of hydrogen-bond acceptors (Lipinski definition) is 6. The number of halogens is 1. The number of esters is 1. The average Bonchev–Trinajstić information content (AvgIpc) is 3.05. The predicted octanol–water partition coefficient (Wildman–Crippen LogP) is 4.13. The number of pyridine rings is 1. The number of aromatic nitrogens is 1. The number of nitriles is 1. The smallest absolute Gasteiger partial charge is 0.363 e. The first-order valence-corrected chi connectivity index (χ1v) is 9.26. The summed E-state index contributed by atoms with van der Waals surface area (Å²) in [5.74, 6) is -0.383. The number of nitrogens with zero attached hydrogens (tertiary/aromatic N) is 4. The van der Waals surface area contributed by atoms with Crippen LogP contribution in [0.2, 0.25) is 5.02 Å². The van der Waals surface area contributed by atoms with E-state index in [1.54, 1.807) is 18.2 Å². The summed E-state index contributed by atoms with van der Waals surface area (Å²) in [6.07, 6.45) is 3.70. The fraction of sp³-hybridized carbons (Fsp3) is 0.238. The van der Waals surface area contributed by atoms with Crippen LogP contribution in [0.4, 0.5) is 5.69 Å². The zero-order chi connectivity index (χ0) is 20.1. The molecule has 7 heteroatoms. The highest BCUT2D eigenvalue weighted by molar-refractivity contribution is 6.31. The van der Waals surface area contributed by atoms with Crippen molar-refractivity contribution in [2.75, 3.05) is 18.0 Å². The lowest BCUT2D eigenvalue weighted by atomic mass is 10.1. The number of hydrogen-bond donors (Lipinski definition) is 0. The second-order valence-corrected chi connectivity index (χ2v) is 6.66. The molecule has 0 amide bonds. The van der Waals surface area contributed by atoms with E-state index in [-0.39, 0.29) is 11.6 Å². The summed E-state index contributed by atoms with van der Waals surface area (Å²) < 4.78 is 5.23. The normalized spacial score (nSPS) is 14.6. The Hall–Kier alpha value is -3.17. The first kappa shape index (κ1) is 19.6. The van der Waals surface area contributed by atoms with E-state index in [9.17, 15) is 4.79 Å². The van der Waals surface area contributed by atoms with Crippen LogP contribution in [0.5, 0.6) is 0 Å². The molecule has 0 radical (unpaired) electrons. The molecular weight excluding hydrogens is 376 g/mol. The minimum absolute atomic E-state index is 0.140. The summed E-state index contributed by atoms with van der Waals surface area (Å²) in [5.41, 5.74) is 3.53. The number of anilines is 1. The number of carbonyl (C=O) groups excluding carboxylic acids is 1. The third kappa shape index (κ3) is 4.38. The minimum atomic E-state index is -0.524. The third-order valence-corrected chi connectivity index (χ3v) is 4.58. The quantitative estimate of drug-likeness (QED) is 0.543. The molecule has 1 aromatic heterocycles. The maximum Gasteiger partial charge on any atom is 0.363 e.